The van der Waals surface area contributed by atoms with Crippen molar-refractivity contribution in [1.29, 1.82) is 10.7 Å². The largest absolute Gasteiger partial charge is 0.368 e. The van der Waals surface area contributed by atoms with Crippen molar-refractivity contribution in [3.8, 4) is 6.26 Å². The van der Waals surface area contributed by atoms with Crippen molar-refractivity contribution in [2.24, 2.45) is 0 Å². The first-order valence-corrected chi connectivity index (χ1v) is 5.75. The molecule has 0 aliphatic carbocycles. The summed E-state index contributed by atoms with van der Waals surface area (Å²) < 4.78 is 4.75. The highest BCUT2D eigenvalue weighted by molar-refractivity contribution is 5.81. The molecule has 6 heteroatoms. The highest BCUT2D eigenvalue weighted by atomic mass is 16.5. The van der Waals surface area contributed by atoms with Gasteiger partial charge in [0.05, 0.1) is 6.54 Å². The minimum Gasteiger partial charge on any atom is -0.368 e. The maximum atomic E-state index is 10.1. The molecule has 1 aliphatic heterocycles. The van der Waals surface area contributed by atoms with Crippen LogP contribution in [0.1, 0.15) is 6.92 Å². The molecule has 1 unspecified atom stereocenters. The van der Waals surface area contributed by atoms with Gasteiger partial charge in [0.25, 0.3) is 6.26 Å². The molecule has 6 nitrogen and oxygen atoms in total. The van der Waals surface area contributed by atoms with E-state index >= 15 is 0 Å². The van der Waals surface area contributed by atoms with Gasteiger partial charge in [0.2, 0.25) is 5.88 Å². The predicted molar refractivity (Wildman–Crippen MR) is 69.9 cm³/mol. The van der Waals surface area contributed by atoms with Crippen molar-refractivity contribution >= 4 is 11.4 Å². The van der Waals surface area contributed by atoms with Gasteiger partial charge in [-0.1, -0.05) is 18.2 Å². The van der Waals surface area contributed by atoms with Crippen LogP contribution in [0.2, 0.25) is 0 Å². The fourth-order valence-corrected chi connectivity index (χ4v) is 1.76. The number of benzene rings is 1. The van der Waals surface area contributed by atoms with Gasteiger partial charge in [-0.15, -0.1) is 5.26 Å². The minimum absolute atomic E-state index is 0.305. The van der Waals surface area contributed by atoms with Crippen molar-refractivity contribution in [2.75, 3.05) is 11.9 Å². The van der Waals surface area contributed by atoms with Crippen molar-refractivity contribution in [3.05, 3.63) is 41.9 Å². The van der Waals surface area contributed by atoms with Gasteiger partial charge in [0.15, 0.2) is 6.23 Å². The number of nitrogens with one attached hydrogen (secondary N) is 2. The van der Waals surface area contributed by atoms with Gasteiger partial charge >= 0.3 is 0 Å². The number of rotatable bonds is 6. The molecule has 2 rings (SSSR count). The maximum absolute atomic E-state index is 10.1. The quantitative estimate of drug-likeness (QED) is 0.408. The van der Waals surface area contributed by atoms with E-state index in [9.17, 15) is 5.11 Å². The molecule has 0 saturated heterocycles. The van der Waals surface area contributed by atoms with Gasteiger partial charge < -0.3 is 20.6 Å². The second-order valence-electron chi connectivity index (χ2n) is 4.16. The SMILES string of the molecule is CC(=N)CN1C(OC#N)=C1C(O)Nc1ccccc1. The summed E-state index contributed by atoms with van der Waals surface area (Å²) in [6.45, 7) is 1.96. The zero-order valence-electron chi connectivity index (χ0n) is 10.4. The summed E-state index contributed by atoms with van der Waals surface area (Å²) in [5.41, 5.74) is 1.66. The molecule has 1 aromatic carbocycles. The van der Waals surface area contributed by atoms with Crippen LogP contribution < -0.4 is 5.32 Å². The molecule has 1 atom stereocenters. The first-order valence-electron chi connectivity index (χ1n) is 5.75. The lowest BCUT2D eigenvalue weighted by atomic mass is 10.3. The summed E-state index contributed by atoms with van der Waals surface area (Å²) in [4.78, 5) is 1.59. The van der Waals surface area contributed by atoms with Crippen LogP contribution in [0.5, 0.6) is 0 Å². The van der Waals surface area contributed by atoms with Crippen molar-refractivity contribution in [2.45, 2.75) is 13.2 Å². The lowest BCUT2D eigenvalue weighted by Crippen LogP contribution is -2.23. The second kappa shape index (κ2) is 5.42. The van der Waals surface area contributed by atoms with Crippen LogP contribution in [-0.4, -0.2) is 28.5 Å². The monoisotopic (exact) mass is 258 g/mol. The second-order valence-corrected chi connectivity index (χ2v) is 4.16. The number of para-hydroxylation sites is 1. The average molecular weight is 258 g/mol. The van der Waals surface area contributed by atoms with E-state index < -0.39 is 6.23 Å². The molecule has 19 heavy (non-hydrogen) atoms. The molecule has 3 N–H and O–H groups in total. The summed E-state index contributed by atoms with van der Waals surface area (Å²) in [5.74, 6) is 0.310. The number of nitriles is 1. The standard InChI is InChI=1S/C13H14N4O2/c1-9(15)7-17-11(13(17)19-8-14)12(18)16-10-5-3-2-4-6-10/h2-6,12,15-16,18H,7H2,1H3. The zero-order valence-corrected chi connectivity index (χ0v) is 10.4. The summed E-state index contributed by atoms with van der Waals surface area (Å²) in [6, 6.07) is 9.22. The Morgan fingerprint density at radius 2 is 2.21 bits per heavy atom. The predicted octanol–water partition coefficient (Wildman–Crippen LogP) is 1.44. The first-order chi connectivity index (χ1) is 9.13. The van der Waals surface area contributed by atoms with E-state index in [1.165, 1.54) is 0 Å². The number of hydrogen-bond acceptors (Lipinski definition) is 6. The lowest BCUT2D eigenvalue weighted by Gasteiger charge is -2.12. The van der Waals surface area contributed by atoms with Crippen molar-refractivity contribution < 1.29 is 9.84 Å². The molecule has 0 bridgehead atoms. The third-order valence-corrected chi connectivity index (χ3v) is 2.58. The van der Waals surface area contributed by atoms with Crippen LogP contribution in [0.4, 0.5) is 5.69 Å². The van der Waals surface area contributed by atoms with Gasteiger partial charge in [-0.05, 0) is 19.1 Å². The third kappa shape index (κ3) is 3.03. The van der Waals surface area contributed by atoms with E-state index in [0.29, 0.717) is 23.8 Å². The van der Waals surface area contributed by atoms with Crippen LogP contribution in [0.3, 0.4) is 0 Å². The lowest BCUT2D eigenvalue weighted by molar-refractivity contribution is 0.229. The molecule has 0 radical (unpaired) electrons. The van der Waals surface area contributed by atoms with Gasteiger partial charge in [-0.3, -0.25) is 4.90 Å². The van der Waals surface area contributed by atoms with Crippen LogP contribution in [0, 0.1) is 16.9 Å². The van der Waals surface area contributed by atoms with Crippen LogP contribution in [-0.2, 0) is 4.74 Å². The van der Waals surface area contributed by atoms with Gasteiger partial charge in [-0.2, -0.15) is 0 Å². The third-order valence-electron chi connectivity index (χ3n) is 2.58. The van der Waals surface area contributed by atoms with Crippen LogP contribution in [0.25, 0.3) is 0 Å². The fraction of sp³-hybridized carbons (Fsp3) is 0.231. The molecule has 1 aliphatic rings. The maximum Gasteiger partial charge on any atom is 0.293 e. The Morgan fingerprint density at radius 3 is 2.79 bits per heavy atom. The zero-order chi connectivity index (χ0) is 13.8. The Labute approximate surface area is 111 Å². The van der Waals surface area contributed by atoms with Gasteiger partial charge in [-0.25, -0.2) is 0 Å². The highest BCUT2D eigenvalue weighted by Crippen LogP contribution is 2.35. The molecule has 98 valence electrons. The van der Waals surface area contributed by atoms with Gasteiger partial charge in [0.1, 0.15) is 5.70 Å². The average Bonchev–Trinajstić information content (AvgIpc) is 3.03. The van der Waals surface area contributed by atoms with E-state index in [0.717, 1.165) is 5.69 Å². The number of aliphatic hydroxyl groups excluding tert-OH is 1. The molecule has 1 heterocycles. The van der Waals surface area contributed by atoms with E-state index in [1.54, 1.807) is 18.1 Å². The topological polar surface area (TPSA) is 92.1 Å². The van der Waals surface area contributed by atoms with E-state index in [-0.39, 0.29) is 0 Å². The van der Waals surface area contributed by atoms with Crippen molar-refractivity contribution in [1.82, 2.24) is 4.90 Å². The van der Waals surface area contributed by atoms with E-state index in [4.69, 9.17) is 15.4 Å². The Morgan fingerprint density at radius 1 is 1.53 bits per heavy atom. The molecule has 0 amide bonds. The molecule has 0 saturated carbocycles. The molecule has 0 spiro atoms. The number of ether oxygens (including phenoxy) is 1. The molecular weight excluding hydrogens is 244 g/mol. The van der Waals surface area contributed by atoms with Gasteiger partial charge in [0, 0.05) is 11.4 Å². The smallest absolute Gasteiger partial charge is 0.293 e. The summed E-state index contributed by atoms with van der Waals surface area (Å²) in [5, 5.41) is 28.9. The number of aliphatic hydroxyl groups is 1. The highest BCUT2D eigenvalue weighted by Gasteiger charge is 2.41. The number of anilines is 1. The Bertz CT molecular complexity index is 548. The first kappa shape index (κ1) is 12.9. The number of nitrogens with zero attached hydrogens (tertiary/aromatic N) is 2. The summed E-state index contributed by atoms with van der Waals surface area (Å²) in [6.07, 6.45) is 0.605. The molecule has 0 aromatic heterocycles. The Balaban J connectivity index is 2.03. The Hall–Kier alpha value is -2.52. The number of hydrogen-bond donors (Lipinski definition) is 3. The Kier molecular flexibility index (Phi) is 3.68. The molecule has 0 fully saturated rings. The van der Waals surface area contributed by atoms with Crippen LogP contribution >= 0.6 is 0 Å². The van der Waals surface area contributed by atoms with E-state index in [1.807, 2.05) is 30.3 Å². The molecule has 1 aromatic rings. The minimum atomic E-state index is -0.968. The van der Waals surface area contributed by atoms with E-state index in [2.05, 4.69) is 5.32 Å². The van der Waals surface area contributed by atoms with Crippen LogP contribution in [0.15, 0.2) is 41.9 Å². The fourth-order valence-electron chi connectivity index (χ4n) is 1.76. The summed E-state index contributed by atoms with van der Waals surface area (Å²) >= 11 is 0. The van der Waals surface area contributed by atoms with Crippen molar-refractivity contribution in [3.63, 3.8) is 0 Å². The summed E-state index contributed by atoms with van der Waals surface area (Å²) in [7, 11) is 0. The normalized spacial score (nSPS) is 14.7. The molecular formula is C13H14N4O2.